The van der Waals surface area contributed by atoms with Crippen LogP contribution in [-0.4, -0.2) is 46.3 Å². The third-order valence-corrected chi connectivity index (χ3v) is 4.54. The van der Waals surface area contributed by atoms with E-state index in [1.165, 1.54) is 12.8 Å². The molecule has 0 aromatic carbocycles. The maximum Gasteiger partial charge on any atom is 0.272 e. The van der Waals surface area contributed by atoms with Gasteiger partial charge in [0, 0.05) is 26.2 Å². The standard InChI is InChI=1S/C15H24N4O/c1-3-5-12-8-14(18(2)17-12)15(20)19-9-11-6-4-7-16-13(11)10-19/h8,11,13,16H,3-7,9-10H2,1-2H3/t11-,13+/m0/s1. The minimum absolute atomic E-state index is 0.138. The Hall–Kier alpha value is -1.36. The van der Waals surface area contributed by atoms with Crippen molar-refractivity contribution in [2.24, 2.45) is 13.0 Å². The molecule has 0 unspecified atom stereocenters. The molecule has 5 nitrogen and oxygen atoms in total. The van der Waals surface area contributed by atoms with Crippen LogP contribution in [-0.2, 0) is 13.5 Å². The van der Waals surface area contributed by atoms with Gasteiger partial charge in [-0.3, -0.25) is 9.48 Å². The van der Waals surface area contributed by atoms with Gasteiger partial charge in [-0.15, -0.1) is 0 Å². The van der Waals surface area contributed by atoms with Crippen LogP contribution >= 0.6 is 0 Å². The van der Waals surface area contributed by atoms with Gasteiger partial charge in [-0.1, -0.05) is 13.3 Å². The fourth-order valence-electron chi connectivity index (χ4n) is 3.48. The second kappa shape index (κ2) is 5.56. The van der Waals surface area contributed by atoms with Crippen LogP contribution in [0.25, 0.3) is 0 Å². The van der Waals surface area contributed by atoms with E-state index in [0.29, 0.717) is 12.0 Å². The van der Waals surface area contributed by atoms with Crippen molar-refractivity contribution < 1.29 is 4.79 Å². The van der Waals surface area contributed by atoms with Gasteiger partial charge in [0.2, 0.25) is 0 Å². The number of aromatic nitrogens is 2. The topological polar surface area (TPSA) is 50.2 Å². The minimum Gasteiger partial charge on any atom is -0.335 e. The Balaban J connectivity index is 1.72. The van der Waals surface area contributed by atoms with Crippen molar-refractivity contribution in [1.82, 2.24) is 20.0 Å². The molecule has 0 aliphatic carbocycles. The molecule has 2 saturated heterocycles. The maximum absolute atomic E-state index is 12.7. The number of piperidine rings is 1. The van der Waals surface area contributed by atoms with Crippen molar-refractivity contribution in [2.45, 2.75) is 38.6 Å². The smallest absolute Gasteiger partial charge is 0.272 e. The summed E-state index contributed by atoms with van der Waals surface area (Å²) in [6.45, 7) is 4.96. The summed E-state index contributed by atoms with van der Waals surface area (Å²) in [7, 11) is 1.87. The average molecular weight is 276 g/mol. The predicted molar refractivity (Wildman–Crippen MR) is 77.6 cm³/mol. The number of carbonyl (C=O) groups is 1. The number of fused-ring (bicyclic) bond motifs is 1. The first-order valence-corrected chi connectivity index (χ1v) is 7.74. The number of carbonyl (C=O) groups excluding carboxylic acids is 1. The zero-order valence-corrected chi connectivity index (χ0v) is 12.4. The molecule has 110 valence electrons. The first-order chi connectivity index (χ1) is 9.69. The second-order valence-corrected chi connectivity index (χ2v) is 6.07. The maximum atomic E-state index is 12.7. The number of amides is 1. The summed E-state index contributed by atoms with van der Waals surface area (Å²) in [5.74, 6) is 0.773. The number of hydrogen-bond acceptors (Lipinski definition) is 3. The zero-order valence-electron chi connectivity index (χ0n) is 12.4. The summed E-state index contributed by atoms with van der Waals surface area (Å²) < 4.78 is 1.74. The Kier molecular flexibility index (Phi) is 3.78. The lowest BCUT2D eigenvalue weighted by Gasteiger charge is -2.24. The molecule has 0 spiro atoms. The molecule has 1 amide bonds. The third kappa shape index (κ3) is 2.46. The van der Waals surface area contributed by atoms with E-state index in [9.17, 15) is 4.79 Å². The number of nitrogens with one attached hydrogen (secondary N) is 1. The minimum atomic E-state index is 0.138. The number of likely N-dealkylation sites (tertiary alicyclic amines) is 1. The van der Waals surface area contributed by atoms with Crippen LogP contribution in [0.4, 0.5) is 0 Å². The van der Waals surface area contributed by atoms with Crippen molar-refractivity contribution in [1.29, 1.82) is 0 Å². The van der Waals surface area contributed by atoms with Gasteiger partial charge in [0.25, 0.3) is 5.91 Å². The Morgan fingerprint density at radius 3 is 3.10 bits per heavy atom. The quantitative estimate of drug-likeness (QED) is 0.902. The van der Waals surface area contributed by atoms with Gasteiger partial charge in [0.1, 0.15) is 5.69 Å². The van der Waals surface area contributed by atoms with Crippen LogP contribution in [0.1, 0.15) is 42.4 Å². The van der Waals surface area contributed by atoms with Crippen molar-refractivity contribution in [3.05, 3.63) is 17.5 Å². The largest absolute Gasteiger partial charge is 0.335 e. The SMILES string of the molecule is CCCc1cc(C(=O)N2C[C@@H]3CCCN[C@@H]3C2)n(C)n1. The molecule has 3 rings (SSSR count). The highest BCUT2D eigenvalue weighted by Gasteiger charge is 2.37. The van der Waals surface area contributed by atoms with Gasteiger partial charge in [-0.05, 0) is 37.8 Å². The van der Waals surface area contributed by atoms with Crippen LogP contribution in [0.3, 0.4) is 0 Å². The van der Waals surface area contributed by atoms with E-state index in [2.05, 4.69) is 17.3 Å². The van der Waals surface area contributed by atoms with E-state index in [1.54, 1.807) is 4.68 Å². The van der Waals surface area contributed by atoms with Crippen LogP contribution < -0.4 is 5.32 Å². The second-order valence-electron chi connectivity index (χ2n) is 6.07. The molecule has 2 fully saturated rings. The van der Waals surface area contributed by atoms with Crippen molar-refractivity contribution in [3.8, 4) is 0 Å². The number of nitrogens with zero attached hydrogens (tertiary/aromatic N) is 3. The molecule has 1 aromatic rings. The van der Waals surface area contributed by atoms with Crippen LogP contribution in [0.2, 0.25) is 0 Å². The summed E-state index contributed by atoms with van der Waals surface area (Å²) >= 11 is 0. The van der Waals surface area contributed by atoms with Gasteiger partial charge in [0.15, 0.2) is 0 Å². The van der Waals surface area contributed by atoms with E-state index >= 15 is 0 Å². The highest BCUT2D eigenvalue weighted by molar-refractivity contribution is 5.93. The van der Waals surface area contributed by atoms with Gasteiger partial charge in [-0.2, -0.15) is 5.10 Å². The summed E-state index contributed by atoms with van der Waals surface area (Å²) in [5.41, 5.74) is 1.75. The average Bonchev–Trinajstić information content (AvgIpc) is 3.02. The lowest BCUT2D eigenvalue weighted by Crippen LogP contribution is -2.41. The molecular formula is C15H24N4O. The van der Waals surface area contributed by atoms with E-state index in [0.717, 1.165) is 43.9 Å². The summed E-state index contributed by atoms with van der Waals surface area (Å²) in [6.07, 6.45) is 4.47. The Bertz CT molecular complexity index is 482. The summed E-state index contributed by atoms with van der Waals surface area (Å²) in [6, 6.07) is 2.46. The van der Waals surface area contributed by atoms with E-state index < -0.39 is 0 Å². The highest BCUT2D eigenvalue weighted by atomic mass is 16.2. The Labute approximate surface area is 120 Å². The van der Waals surface area contributed by atoms with Gasteiger partial charge in [0.05, 0.1) is 5.69 Å². The lowest BCUT2D eigenvalue weighted by atomic mass is 9.94. The third-order valence-electron chi connectivity index (χ3n) is 4.54. The molecule has 2 aliphatic rings. The van der Waals surface area contributed by atoms with E-state index in [1.807, 2.05) is 18.0 Å². The monoisotopic (exact) mass is 276 g/mol. The molecular weight excluding hydrogens is 252 g/mol. The molecule has 0 saturated carbocycles. The molecule has 20 heavy (non-hydrogen) atoms. The number of aryl methyl sites for hydroxylation is 2. The lowest BCUT2D eigenvalue weighted by molar-refractivity contribution is 0.0774. The van der Waals surface area contributed by atoms with Gasteiger partial charge in [-0.25, -0.2) is 0 Å². The molecule has 1 aromatic heterocycles. The molecule has 2 atom stereocenters. The van der Waals surface area contributed by atoms with E-state index in [4.69, 9.17) is 0 Å². The normalized spacial score (nSPS) is 25.8. The van der Waals surface area contributed by atoms with Crippen molar-refractivity contribution >= 4 is 5.91 Å². The van der Waals surface area contributed by atoms with Crippen LogP contribution in [0.15, 0.2) is 6.07 Å². The number of rotatable bonds is 3. The number of hydrogen-bond donors (Lipinski definition) is 1. The molecule has 5 heteroatoms. The summed E-state index contributed by atoms with van der Waals surface area (Å²) in [4.78, 5) is 14.7. The fraction of sp³-hybridized carbons (Fsp3) is 0.733. The zero-order chi connectivity index (χ0) is 14.1. The van der Waals surface area contributed by atoms with Gasteiger partial charge < -0.3 is 10.2 Å². The Morgan fingerprint density at radius 1 is 1.50 bits per heavy atom. The molecule has 0 radical (unpaired) electrons. The highest BCUT2D eigenvalue weighted by Crippen LogP contribution is 2.26. The molecule has 3 heterocycles. The fourth-order valence-corrected chi connectivity index (χ4v) is 3.48. The Morgan fingerprint density at radius 2 is 2.35 bits per heavy atom. The summed E-state index contributed by atoms with van der Waals surface area (Å²) in [5, 5.41) is 7.98. The van der Waals surface area contributed by atoms with Crippen LogP contribution in [0.5, 0.6) is 0 Å². The first-order valence-electron chi connectivity index (χ1n) is 7.74. The van der Waals surface area contributed by atoms with Crippen LogP contribution in [0, 0.1) is 5.92 Å². The molecule has 0 bridgehead atoms. The predicted octanol–water partition coefficient (Wildman–Crippen LogP) is 1.20. The molecule has 1 N–H and O–H groups in total. The molecule has 2 aliphatic heterocycles. The van der Waals surface area contributed by atoms with Gasteiger partial charge >= 0.3 is 0 Å². The van der Waals surface area contributed by atoms with Crippen molar-refractivity contribution in [3.63, 3.8) is 0 Å². The van der Waals surface area contributed by atoms with Crippen molar-refractivity contribution in [2.75, 3.05) is 19.6 Å². The first kappa shape index (κ1) is 13.6. The van der Waals surface area contributed by atoms with E-state index in [-0.39, 0.29) is 5.91 Å².